The van der Waals surface area contributed by atoms with Gasteiger partial charge in [0.15, 0.2) is 11.9 Å². The number of nitrogens with one attached hydrogen (secondary N) is 1. The number of amides is 1. The third-order valence-electron chi connectivity index (χ3n) is 2.96. The van der Waals surface area contributed by atoms with E-state index in [4.69, 9.17) is 9.15 Å². The lowest BCUT2D eigenvalue weighted by Crippen LogP contribution is -2.35. The smallest absolute Gasteiger partial charge is 0.261 e. The highest BCUT2D eigenvalue weighted by molar-refractivity contribution is 5.94. The first-order chi connectivity index (χ1) is 10.1. The van der Waals surface area contributed by atoms with Crippen molar-refractivity contribution in [3.63, 3.8) is 0 Å². The quantitative estimate of drug-likeness (QED) is 0.829. The maximum Gasteiger partial charge on any atom is 0.261 e. The highest BCUT2D eigenvalue weighted by Gasteiger charge is 2.14. The van der Waals surface area contributed by atoms with Crippen molar-refractivity contribution in [1.82, 2.24) is 5.32 Å². The van der Waals surface area contributed by atoms with Crippen LogP contribution in [-0.2, 0) is 11.3 Å². The highest BCUT2D eigenvalue weighted by atomic mass is 16.5. The first-order valence-electron chi connectivity index (χ1n) is 6.64. The summed E-state index contributed by atoms with van der Waals surface area (Å²) in [5.41, 5.74) is 0.609. The molecule has 0 bridgehead atoms. The summed E-state index contributed by atoms with van der Waals surface area (Å²) in [6, 6.07) is 10.2. The van der Waals surface area contributed by atoms with Gasteiger partial charge < -0.3 is 14.5 Å². The Balaban J connectivity index is 1.86. The van der Waals surface area contributed by atoms with E-state index in [0.717, 1.165) is 0 Å². The van der Waals surface area contributed by atoms with E-state index < -0.39 is 6.10 Å². The van der Waals surface area contributed by atoms with Crippen LogP contribution in [0.4, 0.5) is 0 Å². The SMILES string of the molecule is CC(=O)c1ccc(O[C@@H](C)C(=O)NCc2ccco2)cc1. The summed E-state index contributed by atoms with van der Waals surface area (Å²) in [6.07, 6.45) is 0.918. The van der Waals surface area contributed by atoms with Crippen LogP contribution in [0.25, 0.3) is 0 Å². The van der Waals surface area contributed by atoms with E-state index in [1.807, 2.05) is 0 Å². The van der Waals surface area contributed by atoms with Crippen molar-refractivity contribution in [1.29, 1.82) is 0 Å². The molecule has 0 fully saturated rings. The molecule has 0 saturated heterocycles. The van der Waals surface area contributed by atoms with Crippen LogP contribution in [0.2, 0.25) is 0 Å². The zero-order valence-electron chi connectivity index (χ0n) is 12.0. The number of carbonyl (C=O) groups excluding carboxylic acids is 2. The largest absolute Gasteiger partial charge is 0.481 e. The summed E-state index contributed by atoms with van der Waals surface area (Å²) in [5.74, 6) is 0.981. The molecule has 0 saturated carbocycles. The molecule has 1 aromatic carbocycles. The molecule has 5 nitrogen and oxygen atoms in total. The van der Waals surface area contributed by atoms with Gasteiger partial charge in [0.2, 0.25) is 0 Å². The van der Waals surface area contributed by atoms with Gasteiger partial charge >= 0.3 is 0 Å². The van der Waals surface area contributed by atoms with Gasteiger partial charge in [0.05, 0.1) is 12.8 Å². The van der Waals surface area contributed by atoms with Gasteiger partial charge in [0, 0.05) is 5.56 Å². The van der Waals surface area contributed by atoms with Gasteiger partial charge in [-0.05, 0) is 50.2 Å². The summed E-state index contributed by atoms with van der Waals surface area (Å²) in [6.45, 7) is 3.49. The van der Waals surface area contributed by atoms with Crippen molar-refractivity contribution in [3.05, 3.63) is 54.0 Å². The van der Waals surface area contributed by atoms with Crippen LogP contribution in [0.5, 0.6) is 5.75 Å². The van der Waals surface area contributed by atoms with Gasteiger partial charge in [-0.15, -0.1) is 0 Å². The highest BCUT2D eigenvalue weighted by Crippen LogP contribution is 2.14. The van der Waals surface area contributed by atoms with Crippen LogP contribution in [0, 0.1) is 0 Å². The number of rotatable bonds is 6. The van der Waals surface area contributed by atoms with Crippen molar-refractivity contribution in [2.45, 2.75) is 26.5 Å². The molecule has 2 aromatic rings. The Labute approximate surface area is 122 Å². The molecule has 0 spiro atoms. The number of hydrogen-bond donors (Lipinski definition) is 1. The molecule has 110 valence electrons. The van der Waals surface area contributed by atoms with E-state index in [-0.39, 0.29) is 11.7 Å². The lowest BCUT2D eigenvalue weighted by atomic mass is 10.1. The molecule has 21 heavy (non-hydrogen) atoms. The molecule has 5 heteroatoms. The lowest BCUT2D eigenvalue weighted by molar-refractivity contribution is -0.127. The van der Waals surface area contributed by atoms with Gasteiger partial charge in [-0.2, -0.15) is 0 Å². The second-order valence-corrected chi connectivity index (χ2v) is 4.64. The predicted molar refractivity (Wildman–Crippen MR) is 77.1 cm³/mol. The molecule has 2 rings (SSSR count). The van der Waals surface area contributed by atoms with Crippen molar-refractivity contribution in [3.8, 4) is 5.75 Å². The molecule has 1 heterocycles. The second-order valence-electron chi connectivity index (χ2n) is 4.64. The molecule has 0 aliphatic rings. The fraction of sp³-hybridized carbons (Fsp3) is 0.250. The number of furan rings is 1. The third-order valence-corrected chi connectivity index (χ3v) is 2.96. The summed E-state index contributed by atoms with van der Waals surface area (Å²) in [7, 11) is 0. The van der Waals surface area contributed by atoms with Crippen LogP contribution in [0.15, 0.2) is 47.1 Å². The zero-order valence-corrected chi connectivity index (χ0v) is 12.0. The van der Waals surface area contributed by atoms with E-state index in [1.165, 1.54) is 6.92 Å². The van der Waals surface area contributed by atoms with Crippen LogP contribution < -0.4 is 10.1 Å². The Morgan fingerprint density at radius 3 is 2.52 bits per heavy atom. The molecule has 1 atom stereocenters. The van der Waals surface area contributed by atoms with E-state index in [9.17, 15) is 9.59 Å². The molecular formula is C16H17NO4. The normalized spacial score (nSPS) is 11.7. The molecule has 0 radical (unpaired) electrons. The minimum atomic E-state index is -0.636. The van der Waals surface area contributed by atoms with Gasteiger partial charge in [0.25, 0.3) is 5.91 Å². The van der Waals surface area contributed by atoms with Crippen molar-refractivity contribution in [2.75, 3.05) is 0 Å². The topological polar surface area (TPSA) is 68.5 Å². The Kier molecular flexibility index (Phi) is 4.77. The molecule has 1 amide bonds. The summed E-state index contributed by atoms with van der Waals surface area (Å²) >= 11 is 0. The molecule has 1 aromatic heterocycles. The summed E-state index contributed by atoms with van der Waals surface area (Å²) < 4.78 is 10.7. The first-order valence-corrected chi connectivity index (χ1v) is 6.64. The van der Waals surface area contributed by atoms with Gasteiger partial charge in [-0.3, -0.25) is 9.59 Å². The monoisotopic (exact) mass is 287 g/mol. The van der Waals surface area contributed by atoms with Crippen LogP contribution in [-0.4, -0.2) is 17.8 Å². The van der Waals surface area contributed by atoms with Gasteiger partial charge in [-0.1, -0.05) is 0 Å². The van der Waals surface area contributed by atoms with E-state index in [2.05, 4.69) is 5.32 Å². The van der Waals surface area contributed by atoms with E-state index >= 15 is 0 Å². The van der Waals surface area contributed by atoms with E-state index in [1.54, 1.807) is 49.6 Å². The molecule has 0 aliphatic carbocycles. The number of Topliss-reactive ketones (excluding diaryl/α,β-unsaturated/α-hetero) is 1. The zero-order chi connectivity index (χ0) is 15.2. The lowest BCUT2D eigenvalue weighted by Gasteiger charge is -2.14. The van der Waals surface area contributed by atoms with Gasteiger partial charge in [-0.25, -0.2) is 0 Å². The minimum absolute atomic E-state index is 0.00853. The van der Waals surface area contributed by atoms with Crippen molar-refractivity contribution >= 4 is 11.7 Å². The van der Waals surface area contributed by atoms with Crippen LogP contribution in [0.1, 0.15) is 30.0 Å². The molecule has 1 N–H and O–H groups in total. The Bertz CT molecular complexity index is 602. The van der Waals surface area contributed by atoms with E-state index in [0.29, 0.717) is 23.6 Å². The number of ether oxygens (including phenoxy) is 1. The Morgan fingerprint density at radius 1 is 1.24 bits per heavy atom. The molecule has 0 unspecified atom stereocenters. The maximum atomic E-state index is 11.9. The average molecular weight is 287 g/mol. The number of hydrogen-bond acceptors (Lipinski definition) is 4. The van der Waals surface area contributed by atoms with Crippen molar-refractivity contribution < 1.29 is 18.7 Å². The Hall–Kier alpha value is -2.56. The maximum absolute atomic E-state index is 11.9. The first kappa shape index (κ1) is 14.8. The predicted octanol–water partition coefficient (Wildman–Crippen LogP) is 2.57. The number of ketones is 1. The van der Waals surface area contributed by atoms with Crippen LogP contribution in [0.3, 0.4) is 0 Å². The van der Waals surface area contributed by atoms with Crippen LogP contribution >= 0.6 is 0 Å². The fourth-order valence-electron chi connectivity index (χ4n) is 1.76. The average Bonchev–Trinajstić information content (AvgIpc) is 2.98. The summed E-state index contributed by atoms with van der Waals surface area (Å²) in [4.78, 5) is 23.1. The number of carbonyl (C=O) groups is 2. The third kappa shape index (κ3) is 4.21. The molecule has 0 aliphatic heterocycles. The van der Waals surface area contributed by atoms with Crippen molar-refractivity contribution in [2.24, 2.45) is 0 Å². The Morgan fingerprint density at radius 2 is 1.95 bits per heavy atom. The summed E-state index contributed by atoms with van der Waals surface area (Å²) in [5, 5.41) is 2.72. The molecular weight excluding hydrogens is 270 g/mol. The number of benzene rings is 1. The second kappa shape index (κ2) is 6.74. The minimum Gasteiger partial charge on any atom is -0.481 e. The standard InChI is InChI=1S/C16H17NO4/c1-11(18)13-5-7-14(8-6-13)21-12(2)16(19)17-10-15-4-3-9-20-15/h3-9,12H,10H2,1-2H3,(H,17,19)/t12-/m0/s1. The van der Waals surface area contributed by atoms with Gasteiger partial charge in [0.1, 0.15) is 11.5 Å². The fourth-order valence-corrected chi connectivity index (χ4v) is 1.76.